The van der Waals surface area contributed by atoms with Crippen LogP contribution in [0.2, 0.25) is 0 Å². The van der Waals surface area contributed by atoms with Gasteiger partial charge in [0.05, 0.1) is 13.2 Å². The monoisotopic (exact) mass is 418 g/mol. The summed E-state index contributed by atoms with van der Waals surface area (Å²) in [5.41, 5.74) is 2.37. The molecule has 168 valence electrons. The van der Waals surface area contributed by atoms with Crippen molar-refractivity contribution in [3.8, 4) is 0 Å². The van der Waals surface area contributed by atoms with Crippen molar-refractivity contribution in [1.29, 1.82) is 0 Å². The van der Waals surface area contributed by atoms with Gasteiger partial charge in [0, 0.05) is 67.1 Å². The van der Waals surface area contributed by atoms with Crippen molar-refractivity contribution in [1.82, 2.24) is 20.0 Å². The number of amides is 1. The lowest BCUT2D eigenvalue weighted by molar-refractivity contribution is -0.127. The topological polar surface area (TPSA) is 63.7 Å². The van der Waals surface area contributed by atoms with Crippen LogP contribution < -0.4 is 10.2 Å². The maximum Gasteiger partial charge on any atom is 0.243 e. The molecule has 0 radical (unpaired) electrons. The molecule has 8 heteroatoms. The number of ether oxygens (including phenoxy) is 1. The number of anilines is 1. The first kappa shape index (κ1) is 24.0. The zero-order chi connectivity index (χ0) is 21.9. The molecule has 2 rings (SSSR count). The van der Waals surface area contributed by atoms with Crippen LogP contribution in [0.3, 0.4) is 0 Å². The van der Waals surface area contributed by atoms with Crippen LogP contribution in [0.5, 0.6) is 0 Å². The minimum Gasteiger partial charge on any atom is -0.379 e. The van der Waals surface area contributed by atoms with E-state index in [2.05, 4.69) is 49.3 Å². The second kappa shape index (κ2) is 12.4. The second-order valence-electron chi connectivity index (χ2n) is 8.08. The second-order valence-corrected chi connectivity index (χ2v) is 8.08. The minimum absolute atomic E-state index is 0.00868. The number of morpholine rings is 1. The Labute approximate surface area is 181 Å². The van der Waals surface area contributed by atoms with E-state index in [-0.39, 0.29) is 12.5 Å². The summed E-state index contributed by atoms with van der Waals surface area (Å²) < 4.78 is 5.41. The number of nitrogens with zero attached hydrogens (tertiary/aromatic N) is 5. The Bertz CT molecular complexity index is 686. The highest BCUT2D eigenvalue weighted by atomic mass is 16.5. The quantitative estimate of drug-likeness (QED) is 0.366. The summed E-state index contributed by atoms with van der Waals surface area (Å²) in [5, 5.41) is 3.45. The van der Waals surface area contributed by atoms with E-state index in [4.69, 9.17) is 4.74 Å². The smallest absolute Gasteiger partial charge is 0.243 e. The number of likely N-dealkylation sites (N-methyl/N-ethyl adjacent to an activating group) is 1. The fourth-order valence-electron chi connectivity index (χ4n) is 3.20. The zero-order valence-corrected chi connectivity index (χ0v) is 19.2. The number of carbonyl (C=O) groups is 1. The first-order valence-corrected chi connectivity index (χ1v) is 10.6. The Morgan fingerprint density at radius 3 is 2.57 bits per heavy atom. The summed E-state index contributed by atoms with van der Waals surface area (Å²) in [6.45, 7) is 6.35. The average Bonchev–Trinajstić information content (AvgIpc) is 2.73. The molecule has 1 N–H and O–H groups in total. The lowest BCUT2D eigenvalue weighted by Gasteiger charge is -2.27. The van der Waals surface area contributed by atoms with Gasteiger partial charge in [-0.2, -0.15) is 0 Å². The lowest BCUT2D eigenvalue weighted by atomic mass is 10.2. The van der Waals surface area contributed by atoms with Gasteiger partial charge < -0.3 is 24.8 Å². The molecule has 0 unspecified atom stereocenters. The van der Waals surface area contributed by atoms with E-state index in [1.165, 1.54) is 11.3 Å². The van der Waals surface area contributed by atoms with Gasteiger partial charge >= 0.3 is 0 Å². The van der Waals surface area contributed by atoms with Gasteiger partial charge in [-0.1, -0.05) is 12.1 Å². The van der Waals surface area contributed by atoms with Crippen molar-refractivity contribution in [2.75, 3.05) is 86.1 Å². The first-order chi connectivity index (χ1) is 14.4. The third kappa shape index (κ3) is 8.20. The number of hydrogen-bond donors (Lipinski definition) is 1. The van der Waals surface area contributed by atoms with E-state index in [0.717, 1.165) is 51.8 Å². The molecule has 0 saturated carbocycles. The van der Waals surface area contributed by atoms with Gasteiger partial charge in [-0.3, -0.25) is 9.69 Å². The first-order valence-electron chi connectivity index (χ1n) is 10.6. The Balaban J connectivity index is 1.95. The van der Waals surface area contributed by atoms with Gasteiger partial charge in [0.2, 0.25) is 5.91 Å². The van der Waals surface area contributed by atoms with E-state index in [1.54, 1.807) is 19.0 Å². The fraction of sp³-hybridized carbons (Fsp3) is 0.636. The Morgan fingerprint density at radius 1 is 1.17 bits per heavy atom. The Hall–Kier alpha value is -2.32. The molecule has 1 heterocycles. The number of aliphatic imine (C=N–C) groups is 1. The molecule has 1 amide bonds. The molecular formula is C22H38N6O2. The summed E-state index contributed by atoms with van der Waals surface area (Å²) in [4.78, 5) is 24.8. The maximum atomic E-state index is 12.0. The van der Waals surface area contributed by atoms with Crippen LogP contribution in [0.15, 0.2) is 29.3 Å². The highest BCUT2D eigenvalue weighted by Crippen LogP contribution is 2.14. The van der Waals surface area contributed by atoms with Crippen molar-refractivity contribution in [3.63, 3.8) is 0 Å². The molecule has 0 spiro atoms. The number of nitrogens with one attached hydrogen (secondary N) is 1. The average molecular weight is 419 g/mol. The summed E-state index contributed by atoms with van der Waals surface area (Å²) in [6, 6.07) is 8.46. The number of rotatable bonds is 9. The van der Waals surface area contributed by atoms with Gasteiger partial charge in [0.15, 0.2) is 5.96 Å². The maximum absolute atomic E-state index is 12.0. The minimum atomic E-state index is -0.00868. The Kier molecular flexibility index (Phi) is 9.89. The number of hydrogen-bond acceptors (Lipinski definition) is 5. The molecule has 0 aromatic heterocycles. The molecule has 1 saturated heterocycles. The predicted molar refractivity (Wildman–Crippen MR) is 123 cm³/mol. The molecule has 0 bridgehead atoms. The van der Waals surface area contributed by atoms with E-state index < -0.39 is 0 Å². The zero-order valence-electron chi connectivity index (χ0n) is 19.2. The van der Waals surface area contributed by atoms with Crippen molar-refractivity contribution in [3.05, 3.63) is 29.8 Å². The highest BCUT2D eigenvalue weighted by molar-refractivity contribution is 5.84. The van der Waals surface area contributed by atoms with Gasteiger partial charge in [0.25, 0.3) is 0 Å². The van der Waals surface area contributed by atoms with E-state index in [0.29, 0.717) is 6.54 Å². The number of guanidine groups is 1. The summed E-state index contributed by atoms with van der Waals surface area (Å²) in [6.07, 6.45) is 1.02. The van der Waals surface area contributed by atoms with Gasteiger partial charge in [0.1, 0.15) is 6.54 Å². The normalized spacial score (nSPS) is 15.0. The highest BCUT2D eigenvalue weighted by Gasteiger charge is 2.12. The van der Waals surface area contributed by atoms with Crippen molar-refractivity contribution in [2.45, 2.75) is 13.0 Å². The summed E-state index contributed by atoms with van der Waals surface area (Å²) in [5.74, 6) is 0.744. The largest absolute Gasteiger partial charge is 0.379 e. The molecular weight excluding hydrogens is 380 g/mol. The molecule has 1 fully saturated rings. The molecule has 1 aromatic carbocycles. The fourth-order valence-corrected chi connectivity index (χ4v) is 3.20. The predicted octanol–water partition coefficient (Wildman–Crippen LogP) is 0.941. The van der Waals surface area contributed by atoms with Crippen LogP contribution >= 0.6 is 0 Å². The van der Waals surface area contributed by atoms with Crippen LogP contribution in [0, 0.1) is 0 Å². The van der Waals surface area contributed by atoms with Crippen LogP contribution in [-0.4, -0.2) is 108 Å². The summed E-state index contributed by atoms with van der Waals surface area (Å²) >= 11 is 0. The molecule has 8 nitrogen and oxygen atoms in total. The van der Waals surface area contributed by atoms with E-state index >= 15 is 0 Å². The lowest BCUT2D eigenvalue weighted by Crippen LogP contribution is -2.42. The van der Waals surface area contributed by atoms with Crippen molar-refractivity contribution in [2.24, 2.45) is 4.99 Å². The third-order valence-corrected chi connectivity index (χ3v) is 5.11. The summed E-state index contributed by atoms with van der Waals surface area (Å²) in [7, 11) is 9.60. The van der Waals surface area contributed by atoms with E-state index in [1.807, 2.05) is 21.1 Å². The molecule has 0 aliphatic carbocycles. The van der Waals surface area contributed by atoms with Gasteiger partial charge in [-0.05, 0) is 30.7 Å². The molecule has 0 atom stereocenters. The van der Waals surface area contributed by atoms with Crippen LogP contribution in [-0.2, 0) is 16.1 Å². The molecule has 1 aliphatic heterocycles. The molecule has 30 heavy (non-hydrogen) atoms. The third-order valence-electron chi connectivity index (χ3n) is 5.11. The Morgan fingerprint density at radius 2 is 1.90 bits per heavy atom. The molecule has 1 aliphatic rings. The van der Waals surface area contributed by atoms with Gasteiger partial charge in [-0.15, -0.1) is 0 Å². The number of benzene rings is 1. The molecule has 1 aromatic rings. The van der Waals surface area contributed by atoms with Crippen molar-refractivity contribution >= 4 is 17.6 Å². The SMILES string of the molecule is CN(C)C(=O)CN=C(NCCCN1CCOCC1)N(C)Cc1cccc(N(C)C)c1. The van der Waals surface area contributed by atoms with Crippen LogP contribution in [0.1, 0.15) is 12.0 Å². The van der Waals surface area contributed by atoms with Crippen LogP contribution in [0.25, 0.3) is 0 Å². The number of carbonyl (C=O) groups excluding carboxylic acids is 1. The van der Waals surface area contributed by atoms with Crippen molar-refractivity contribution < 1.29 is 9.53 Å². The standard InChI is InChI=1S/C22H38N6O2/c1-25(2)20-9-6-8-19(16-20)18-27(5)22(24-17-21(29)26(3)4)23-10-7-11-28-12-14-30-15-13-28/h6,8-9,16H,7,10-15,17-18H2,1-5H3,(H,23,24). The van der Waals surface area contributed by atoms with Crippen LogP contribution in [0.4, 0.5) is 5.69 Å². The van der Waals surface area contributed by atoms with E-state index in [9.17, 15) is 4.79 Å². The van der Waals surface area contributed by atoms with Gasteiger partial charge in [-0.25, -0.2) is 4.99 Å².